The number of hydrogen-bond donors (Lipinski definition) is 2. The van der Waals surface area contributed by atoms with Crippen LogP contribution < -0.4 is 10.6 Å². The van der Waals surface area contributed by atoms with Crippen LogP contribution in [0.15, 0.2) is 29.3 Å². The third-order valence-electron chi connectivity index (χ3n) is 5.48. The zero-order chi connectivity index (χ0) is 20.4. The third-order valence-corrected chi connectivity index (χ3v) is 5.48. The van der Waals surface area contributed by atoms with E-state index < -0.39 is 0 Å². The van der Waals surface area contributed by atoms with Gasteiger partial charge in [-0.2, -0.15) is 0 Å². The molecule has 1 fully saturated rings. The summed E-state index contributed by atoms with van der Waals surface area (Å²) in [6.07, 6.45) is 8.64. The van der Waals surface area contributed by atoms with Crippen molar-refractivity contribution in [3.05, 3.63) is 35.4 Å². The quantitative estimate of drug-likeness (QED) is 0.306. The fraction of sp³-hybridized carbons (Fsp3) is 0.652. The fourth-order valence-electron chi connectivity index (χ4n) is 3.93. The molecule has 0 spiro atoms. The fourth-order valence-corrected chi connectivity index (χ4v) is 3.93. The van der Waals surface area contributed by atoms with E-state index in [9.17, 15) is 4.79 Å². The lowest BCUT2D eigenvalue weighted by molar-refractivity contribution is 0.0827. The van der Waals surface area contributed by atoms with Crippen molar-refractivity contribution in [2.24, 2.45) is 10.9 Å². The van der Waals surface area contributed by atoms with Gasteiger partial charge in [0, 0.05) is 38.8 Å². The van der Waals surface area contributed by atoms with E-state index in [4.69, 9.17) is 4.99 Å². The molecule has 1 aromatic rings. The Morgan fingerprint density at radius 3 is 2.52 bits per heavy atom. The number of amides is 1. The first-order valence-corrected chi connectivity index (χ1v) is 10.9. The normalized spacial score (nSPS) is 19.2. The Kier molecular flexibility index (Phi) is 12.3. The second kappa shape index (κ2) is 13.8. The molecule has 1 aliphatic rings. The Hall–Kier alpha value is -1.31. The summed E-state index contributed by atoms with van der Waals surface area (Å²) in [5.74, 6) is 1.88. The summed E-state index contributed by atoms with van der Waals surface area (Å²) in [4.78, 5) is 18.5. The summed E-state index contributed by atoms with van der Waals surface area (Å²) in [5.41, 5.74) is 1.88. The number of rotatable bonds is 8. The lowest BCUT2D eigenvalue weighted by atomic mass is 9.83. The predicted octanol–water partition coefficient (Wildman–Crippen LogP) is 4.46. The summed E-state index contributed by atoms with van der Waals surface area (Å²) in [6, 6.07) is 8.40. The van der Waals surface area contributed by atoms with Crippen LogP contribution in [0.25, 0.3) is 0 Å². The Labute approximate surface area is 194 Å². The molecule has 0 atom stereocenters. The molecule has 2 rings (SSSR count). The van der Waals surface area contributed by atoms with Crippen LogP contribution in [0.5, 0.6) is 0 Å². The first-order valence-electron chi connectivity index (χ1n) is 10.9. The van der Waals surface area contributed by atoms with Gasteiger partial charge in [0.05, 0.1) is 0 Å². The topological polar surface area (TPSA) is 56.7 Å². The summed E-state index contributed by atoms with van der Waals surface area (Å²) < 4.78 is 0. The zero-order valence-corrected chi connectivity index (χ0v) is 20.9. The van der Waals surface area contributed by atoms with Gasteiger partial charge in [0.25, 0.3) is 5.91 Å². The van der Waals surface area contributed by atoms with Crippen LogP contribution in [-0.2, 0) is 6.42 Å². The van der Waals surface area contributed by atoms with Crippen molar-refractivity contribution in [1.82, 2.24) is 15.5 Å². The van der Waals surface area contributed by atoms with Gasteiger partial charge in [0.15, 0.2) is 5.96 Å². The van der Waals surface area contributed by atoms with E-state index in [0.717, 1.165) is 36.0 Å². The second-order valence-corrected chi connectivity index (χ2v) is 8.06. The molecule has 6 heteroatoms. The minimum absolute atomic E-state index is 0. The van der Waals surface area contributed by atoms with Gasteiger partial charge in [-0.25, -0.2) is 0 Å². The lowest BCUT2D eigenvalue weighted by Gasteiger charge is -2.30. The van der Waals surface area contributed by atoms with Crippen molar-refractivity contribution in [2.75, 3.05) is 27.2 Å². The van der Waals surface area contributed by atoms with E-state index >= 15 is 0 Å². The van der Waals surface area contributed by atoms with Gasteiger partial charge < -0.3 is 15.5 Å². The maximum atomic E-state index is 12.1. The number of carbonyl (C=O) groups is 1. The first-order chi connectivity index (χ1) is 13.5. The molecule has 0 aromatic heterocycles. The molecule has 2 N–H and O–H groups in total. The van der Waals surface area contributed by atoms with Crippen molar-refractivity contribution in [2.45, 2.75) is 64.8 Å². The highest BCUT2D eigenvalue weighted by Crippen LogP contribution is 2.27. The number of nitrogens with zero attached hydrogens (tertiary/aromatic N) is 2. The average molecular weight is 514 g/mol. The molecule has 29 heavy (non-hydrogen) atoms. The van der Waals surface area contributed by atoms with E-state index in [0.29, 0.717) is 12.6 Å². The highest BCUT2D eigenvalue weighted by Gasteiger charge is 2.21. The van der Waals surface area contributed by atoms with Crippen molar-refractivity contribution in [3.63, 3.8) is 0 Å². The van der Waals surface area contributed by atoms with Crippen molar-refractivity contribution in [1.29, 1.82) is 0 Å². The maximum Gasteiger partial charge on any atom is 0.253 e. The number of benzene rings is 1. The minimum atomic E-state index is 0. The smallest absolute Gasteiger partial charge is 0.253 e. The molecular weight excluding hydrogens is 475 g/mol. The average Bonchev–Trinajstić information content (AvgIpc) is 2.69. The summed E-state index contributed by atoms with van der Waals surface area (Å²) >= 11 is 0. The molecule has 164 valence electrons. The van der Waals surface area contributed by atoms with E-state index in [1.54, 1.807) is 19.0 Å². The maximum absolute atomic E-state index is 12.1. The van der Waals surface area contributed by atoms with Crippen LogP contribution in [0, 0.1) is 5.92 Å². The third kappa shape index (κ3) is 8.93. The van der Waals surface area contributed by atoms with Crippen molar-refractivity contribution in [3.8, 4) is 0 Å². The Morgan fingerprint density at radius 1 is 1.17 bits per heavy atom. The molecule has 1 aromatic carbocycles. The molecule has 5 nitrogen and oxygen atoms in total. The van der Waals surface area contributed by atoms with Gasteiger partial charge in [0.2, 0.25) is 0 Å². The van der Waals surface area contributed by atoms with Gasteiger partial charge >= 0.3 is 0 Å². The second-order valence-electron chi connectivity index (χ2n) is 8.06. The lowest BCUT2D eigenvalue weighted by Crippen LogP contribution is -2.45. The minimum Gasteiger partial charge on any atom is -0.357 e. The van der Waals surface area contributed by atoms with Gasteiger partial charge in [0.1, 0.15) is 0 Å². The summed E-state index contributed by atoms with van der Waals surface area (Å²) in [5, 5.41) is 7.00. The van der Waals surface area contributed by atoms with Gasteiger partial charge in [-0.3, -0.25) is 9.79 Å². The zero-order valence-electron chi connectivity index (χ0n) is 18.5. The highest BCUT2D eigenvalue weighted by atomic mass is 127. The van der Waals surface area contributed by atoms with Crippen LogP contribution in [0.1, 0.15) is 68.3 Å². The largest absolute Gasteiger partial charge is 0.357 e. The van der Waals surface area contributed by atoms with Gasteiger partial charge in [-0.1, -0.05) is 31.9 Å². The molecule has 1 saturated carbocycles. The molecule has 1 aliphatic carbocycles. The molecule has 0 saturated heterocycles. The Balaban J connectivity index is 0.00000420. The number of hydrogen-bond acceptors (Lipinski definition) is 2. The molecule has 0 heterocycles. The standard InChI is InChI=1S/C23H38N4O.HI/c1-5-8-18-11-13-21(14-12-18)26-23(24-6-2)25-16-15-19-9-7-10-20(17-19)22(28)27(3)4;/h7,9-10,17-18,21H,5-6,8,11-16H2,1-4H3,(H2,24,25,26);1H. The highest BCUT2D eigenvalue weighted by molar-refractivity contribution is 14.0. The SMILES string of the molecule is CCCC1CCC(NC(=NCCc2cccc(C(=O)N(C)C)c2)NCC)CC1.I. The van der Waals surface area contributed by atoms with Crippen LogP contribution >= 0.6 is 24.0 Å². The molecule has 0 unspecified atom stereocenters. The number of aliphatic imine (C=N–C) groups is 1. The van der Waals surface area contributed by atoms with Gasteiger partial charge in [-0.15, -0.1) is 24.0 Å². The predicted molar refractivity (Wildman–Crippen MR) is 133 cm³/mol. The van der Waals surface area contributed by atoms with Crippen LogP contribution in [0.4, 0.5) is 0 Å². The Bertz CT molecular complexity index is 640. The molecule has 0 radical (unpaired) electrons. The van der Waals surface area contributed by atoms with Crippen LogP contribution in [0.3, 0.4) is 0 Å². The van der Waals surface area contributed by atoms with Crippen molar-refractivity contribution < 1.29 is 4.79 Å². The first kappa shape index (κ1) is 25.7. The Morgan fingerprint density at radius 2 is 1.90 bits per heavy atom. The number of guanidine groups is 1. The van der Waals surface area contributed by atoms with E-state index in [2.05, 4.69) is 30.5 Å². The van der Waals surface area contributed by atoms with Crippen molar-refractivity contribution >= 4 is 35.8 Å². The monoisotopic (exact) mass is 514 g/mol. The summed E-state index contributed by atoms with van der Waals surface area (Å²) in [6.45, 7) is 5.96. The van der Waals surface area contributed by atoms with E-state index in [-0.39, 0.29) is 29.9 Å². The van der Waals surface area contributed by atoms with Crippen LogP contribution in [0.2, 0.25) is 0 Å². The van der Waals surface area contributed by atoms with Crippen LogP contribution in [-0.4, -0.2) is 50.0 Å². The number of halogens is 1. The summed E-state index contributed by atoms with van der Waals surface area (Å²) in [7, 11) is 3.56. The molecular formula is C23H39IN4O. The number of carbonyl (C=O) groups excluding carboxylic acids is 1. The van der Waals surface area contributed by atoms with Gasteiger partial charge in [-0.05, 0) is 62.6 Å². The van der Waals surface area contributed by atoms with E-state index in [1.807, 2.05) is 18.2 Å². The number of nitrogens with one attached hydrogen (secondary N) is 2. The molecule has 0 aliphatic heterocycles. The molecule has 0 bridgehead atoms. The van der Waals surface area contributed by atoms with E-state index in [1.165, 1.54) is 38.5 Å². The molecule has 1 amide bonds.